The van der Waals surface area contributed by atoms with Gasteiger partial charge in [0.25, 0.3) is 5.91 Å². The number of nitrogens with one attached hydrogen (secondary N) is 1. The molecule has 2 aromatic carbocycles. The average molecular weight is 364 g/mol. The van der Waals surface area contributed by atoms with E-state index in [-0.39, 0.29) is 11.8 Å². The molecule has 0 aromatic heterocycles. The van der Waals surface area contributed by atoms with Crippen LogP contribution in [0.15, 0.2) is 30.3 Å². The van der Waals surface area contributed by atoms with Crippen LogP contribution in [0.25, 0.3) is 0 Å². The van der Waals surface area contributed by atoms with Gasteiger partial charge in [-0.15, -0.1) is 0 Å². The van der Waals surface area contributed by atoms with Gasteiger partial charge in [-0.25, -0.2) is 0 Å². The summed E-state index contributed by atoms with van der Waals surface area (Å²) in [5, 5.41) is 3.02. The summed E-state index contributed by atoms with van der Waals surface area (Å²) in [4.78, 5) is 27.3. The standard InChI is InChI=1S/C23H28N2O2/c1-14-11-15(2)20(16(3)12-14)21(26)24-18-7-8-19-17(13-18)9-10-25(19)22(27)23(4,5)6/h7-8,11-13H,9-10H2,1-6H3,(H,24,26). The molecule has 0 aliphatic carbocycles. The summed E-state index contributed by atoms with van der Waals surface area (Å²) in [5.41, 5.74) is 6.26. The van der Waals surface area contributed by atoms with E-state index in [0.717, 1.165) is 45.6 Å². The lowest BCUT2D eigenvalue weighted by Gasteiger charge is -2.26. The van der Waals surface area contributed by atoms with Crippen LogP contribution >= 0.6 is 0 Å². The van der Waals surface area contributed by atoms with E-state index < -0.39 is 5.41 Å². The molecule has 1 N–H and O–H groups in total. The van der Waals surface area contributed by atoms with Crippen LogP contribution in [0.2, 0.25) is 0 Å². The van der Waals surface area contributed by atoms with Gasteiger partial charge >= 0.3 is 0 Å². The first-order valence-corrected chi connectivity index (χ1v) is 9.42. The van der Waals surface area contributed by atoms with E-state index in [9.17, 15) is 9.59 Å². The summed E-state index contributed by atoms with van der Waals surface area (Å²) in [6.07, 6.45) is 0.809. The van der Waals surface area contributed by atoms with Crippen LogP contribution in [-0.2, 0) is 11.2 Å². The highest BCUT2D eigenvalue weighted by atomic mass is 16.2. The molecule has 27 heavy (non-hydrogen) atoms. The number of carbonyl (C=O) groups is 2. The highest BCUT2D eigenvalue weighted by Crippen LogP contribution is 2.33. The Bertz CT molecular complexity index is 899. The molecule has 1 heterocycles. The van der Waals surface area contributed by atoms with Gasteiger partial charge in [-0.3, -0.25) is 9.59 Å². The number of hydrogen-bond acceptors (Lipinski definition) is 2. The van der Waals surface area contributed by atoms with Crippen molar-refractivity contribution in [3.63, 3.8) is 0 Å². The highest BCUT2D eigenvalue weighted by molar-refractivity contribution is 6.06. The first kappa shape index (κ1) is 19.2. The minimum Gasteiger partial charge on any atom is -0.322 e. The zero-order valence-electron chi connectivity index (χ0n) is 17.1. The number of anilines is 2. The van der Waals surface area contributed by atoms with Crippen LogP contribution in [-0.4, -0.2) is 18.4 Å². The minimum absolute atomic E-state index is 0.0921. The van der Waals surface area contributed by atoms with Gasteiger partial charge in [0.15, 0.2) is 0 Å². The summed E-state index contributed by atoms with van der Waals surface area (Å²) in [6.45, 7) is 12.5. The van der Waals surface area contributed by atoms with E-state index in [1.807, 2.05) is 76.8 Å². The Morgan fingerprint density at radius 2 is 1.63 bits per heavy atom. The molecule has 0 saturated carbocycles. The molecule has 0 fully saturated rings. The van der Waals surface area contributed by atoms with Crippen molar-refractivity contribution in [2.24, 2.45) is 5.41 Å². The van der Waals surface area contributed by atoms with Gasteiger partial charge in [-0.05, 0) is 62.1 Å². The Labute approximate surface area is 161 Å². The van der Waals surface area contributed by atoms with Gasteiger partial charge in [-0.1, -0.05) is 38.5 Å². The molecule has 3 rings (SSSR count). The molecule has 0 atom stereocenters. The number of fused-ring (bicyclic) bond motifs is 1. The number of benzene rings is 2. The molecule has 0 spiro atoms. The van der Waals surface area contributed by atoms with Crippen molar-refractivity contribution in [1.82, 2.24) is 0 Å². The van der Waals surface area contributed by atoms with Crippen molar-refractivity contribution in [1.29, 1.82) is 0 Å². The molecule has 0 saturated heterocycles. The first-order chi connectivity index (χ1) is 12.6. The van der Waals surface area contributed by atoms with E-state index in [4.69, 9.17) is 0 Å². The molecule has 0 bridgehead atoms. The molecule has 1 aliphatic rings. The number of carbonyl (C=O) groups excluding carboxylic acids is 2. The topological polar surface area (TPSA) is 49.4 Å². The summed E-state index contributed by atoms with van der Waals surface area (Å²) in [7, 11) is 0. The van der Waals surface area contributed by atoms with Gasteiger partial charge in [0.1, 0.15) is 0 Å². The molecule has 142 valence electrons. The Balaban J connectivity index is 1.83. The van der Waals surface area contributed by atoms with Crippen molar-refractivity contribution in [3.8, 4) is 0 Å². The number of aryl methyl sites for hydroxylation is 3. The fourth-order valence-electron chi connectivity index (χ4n) is 3.83. The maximum Gasteiger partial charge on any atom is 0.256 e. The number of rotatable bonds is 2. The molecule has 4 nitrogen and oxygen atoms in total. The van der Waals surface area contributed by atoms with Crippen LogP contribution in [0.1, 0.15) is 53.4 Å². The summed E-state index contributed by atoms with van der Waals surface area (Å²) in [6, 6.07) is 9.86. The van der Waals surface area contributed by atoms with Gasteiger partial charge in [0.2, 0.25) is 5.91 Å². The molecule has 1 aliphatic heterocycles. The molecule has 2 amide bonds. The first-order valence-electron chi connectivity index (χ1n) is 9.42. The summed E-state index contributed by atoms with van der Waals surface area (Å²) in [5.74, 6) is 0.0366. The van der Waals surface area contributed by atoms with Gasteiger partial charge in [0, 0.05) is 28.9 Å². The molecule has 2 aromatic rings. The van der Waals surface area contributed by atoms with Crippen LogP contribution in [0.3, 0.4) is 0 Å². The minimum atomic E-state index is -0.408. The zero-order valence-corrected chi connectivity index (χ0v) is 17.1. The Kier molecular flexibility index (Phi) is 4.85. The second-order valence-electron chi connectivity index (χ2n) is 8.53. The Morgan fingerprint density at radius 3 is 2.22 bits per heavy atom. The summed E-state index contributed by atoms with van der Waals surface area (Å²) >= 11 is 0. The smallest absolute Gasteiger partial charge is 0.256 e. The van der Waals surface area contributed by atoms with Crippen LogP contribution < -0.4 is 10.2 Å². The lowest BCUT2D eigenvalue weighted by atomic mass is 9.94. The predicted octanol–water partition coefficient (Wildman–Crippen LogP) is 4.80. The van der Waals surface area contributed by atoms with Crippen LogP contribution in [0.5, 0.6) is 0 Å². The number of amides is 2. The van der Waals surface area contributed by atoms with Gasteiger partial charge in [-0.2, -0.15) is 0 Å². The Hall–Kier alpha value is -2.62. The third-order valence-corrected chi connectivity index (χ3v) is 5.02. The van der Waals surface area contributed by atoms with Gasteiger partial charge < -0.3 is 10.2 Å². The van der Waals surface area contributed by atoms with Crippen molar-refractivity contribution in [3.05, 3.63) is 58.1 Å². The van der Waals surface area contributed by atoms with Crippen molar-refractivity contribution < 1.29 is 9.59 Å². The highest BCUT2D eigenvalue weighted by Gasteiger charge is 2.32. The second-order valence-corrected chi connectivity index (χ2v) is 8.53. The van der Waals surface area contributed by atoms with Crippen LogP contribution in [0, 0.1) is 26.2 Å². The van der Waals surface area contributed by atoms with E-state index in [0.29, 0.717) is 6.54 Å². The van der Waals surface area contributed by atoms with Crippen molar-refractivity contribution in [2.75, 3.05) is 16.8 Å². The average Bonchev–Trinajstić information content (AvgIpc) is 2.95. The van der Waals surface area contributed by atoms with E-state index in [1.165, 1.54) is 0 Å². The molecule has 0 radical (unpaired) electrons. The SMILES string of the molecule is Cc1cc(C)c(C(=O)Nc2ccc3c(c2)CCN3C(=O)C(C)(C)C)c(C)c1. The number of nitrogens with zero attached hydrogens (tertiary/aromatic N) is 1. The second kappa shape index (κ2) is 6.84. The lowest BCUT2D eigenvalue weighted by Crippen LogP contribution is -2.38. The fraction of sp³-hybridized carbons (Fsp3) is 0.391. The molecule has 0 unspecified atom stereocenters. The maximum absolute atomic E-state index is 12.8. The predicted molar refractivity (Wildman–Crippen MR) is 111 cm³/mol. The quantitative estimate of drug-likeness (QED) is 0.832. The van der Waals surface area contributed by atoms with Crippen molar-refractivity contribution >= 4 is 23.2 Å². The number of hydrogen-bond donors (Lipinski definition) is 1. The Morgan fingerprint density at radius 1 is 1.00 bits per heavy atom. The van der Waals surface area contributed by atoms with E-state index >= 15 is 0 Å². The lowest BCUT2D eigenvalue weighted by molar-refractivity contribution is -0.125. The van der Waals surface area contributed by atoms with E-state index in [1.54, 1.807) is 0 Å². The molecular formula is C23H28N2O2. The molecular weight excluding hydrogens is 336 g/mol. The van der Waals surface area contributed by atoms with E-state index in [2.05, 4.69) is 5.32 Å². The zero-order chi connectivity index (χ0) is 19.9. The largest absolute Gasteiger partial charge is 0.322 e. The molecule has 4 heteroatoms. The monoisotopic (exact) mass is 364 g/mol. The normalized spacial score (nSPS) is 13.5. The third-order valence-electron chi connectivity index (χ3n) is 5.02. The van der Waals surface area contributed by atoms with Crippen molar-refractivity contribution in [2.45, 2.75) is 48.0 Å². The third kappa shape index (κ3) is 3.75. The summed E-state index contributed by atoms with van der Waals surface area (Å²) < 4.78 is 0. The van der Waals surface area contributed by atoms with Gasteiger partial charge in [0.05, 0.1) is 0 Å². The maximum atomic E-state index is 12.8. The fourth-order valence-corrected chi connectivity index (χ4v) is 3.83. The van der Waals surface area contributed by atoms with Crippen LogP contribution in [0.4, 0.5) is 11.4 Å².